The Morgan fingerprint density at radius 1 is 1.57 bits per heavy atom. The van der Waals surface area contributed by atoms with Gasteiger partial charge >= 0.3 is 0 Å². The Morgan fingerprint density at radius 3 is 2.93 bits per heavy atom. The summed E-state index contributed by atoms with van der Waals surface area (Å²) in [5.41, 5.74) is 0. The van der Waals surface area contributed by atoms with E-state index in [9.17, 15) is 4.79 Å². The first kappa shape index (κ1) is 9.96. The lowest BCUT2D eigenvalue weighted by molar-refractivity contribution is -0.120. The minimum Gasteiger partial charge on any atom is -0.344 e. The molecule has 1 fully saturated rings. The molecule has 2 heterocycles. The number of allylic oxidation sites excluding steroid dienone is 2. The number of ether oxygens (including phenoxy) is 2. The van der Waals surface area contributed by atoms with E-state index in [1.807, 2.05) is 0 Å². The zero-order valence-corrected chi connectivity index (χ0v) is 8.64. The van der Waals surface area contributed by atoms with Gasteiger partial charge in [0.1, 0.15) is 0 Å². The van der Waals surface area contributed by atoms with Crippen LogP contribution in [0.4, 0.5) is 0 Å². The highest BCUT2D eigenvalue weighted by molar-refractivity contribution is 8.04. The van der Waals surface area contributed by atoms with E-state index in [0.29, 0.717) is 18.1 Å². The highest BCUT2D eigenvalue weighted by Gasteiger charge is 2.37. The summed E-state index contributed by atoms with van der Waals surface area (Å²) in [6.45, 7) is 4.68. The molecule has 0 saturated carbocycles. The molecule has 0 radical (unpaired) electrons. The van der Waals surface area contributed by atoms with Gasteiger partial charge < -0.3 is 9.47 Å². The zero-order chi connectivity index (χ0) is 10.0. The van der Waals surface area contributed by atoms with Crippen molar-refractivity contribution in [1.82, 2.24) is 0 Å². The first-order valence-corrected chi connectivity index (χ1v) is 5.55. The van der Waals surface area contributed by atoms with Gasteiger partial charge in [0.15, 0.2) is 11.6 Å². The molecule has 2 rings (SSSR count). The van der Waals surface area contributed by atoms with E-state index in [2.05, 4.69) is 6.58 Å². The topological polar surface area (TPSA) is 35.5 Å². The van der Waals surface area contributed by atoms with Crippen LogP contribution in [0.1, 0.15) is 6.42 Å². The van der Waals surface area contributed by atoms with Crippen LogP contribution in [0, 0.1) is 0 Å². The molecule has 0 aromatic carbocycles. The van der Waals surface area contributed by atoms with Crippen molar-refractivity contribution in [3.63, 3.8) is 0 Å². The molecule has 0 amide bonds. The van der Waals surface area contributed by atoms with Crippen molar-refractivity contribution >= 4 is 17.5 Å². The number of hydrogen-bond acceptors (Lipinski definition) is 4. The molecule has 0 unspecified atom stereocenters. The predicted molar refractivity (Wildman–Crippen MR) is 55.0 cm³/mol. The smallest absolute Gasteiger partial charge is 0.191 e. The molecule has 0 bridgehead atoms. The molecule has 0 aromatic heterocycles. The van der Waals surface area contributed by atoms with Crippen molar-refractivity contribution in [3.8, 4) is 0 Å². The van der Waals surface area contributed by atoms with Crippen LogP contribution in [0.3, 0.4) is 0 Å². The average molecular weight is 212 g/mol. The van der Waals surface area contributed by atoms with Gasteiger partial charge in [0.05, 0.1) is 18.1 Å². The largest absolute Gasteiger partial charge is 0.344 e. The number of rotatable bonds is 2. The molecule has 0 aliphatic carbocycles. The normalized spacial score (nSPS) is 24.7. The molecule has 2 aliphatic rings. The maximum absolute atomic E-state index is 11.4. The number of hydrogen-bond donors (Lipinski definition) is 0. The fourth-order valence-electron chi connectivity index (χ4n) is 1.56. The number of carbonyl (C=O) groups is 1. The van der Waals surface area contributed by atoms with Gasteiger partial charge in [0.2, 0.25) is 0 Å². The van der Waals surface area contributed by atoms with E-state index in [1.54, 1.807) is 6.08 Å². The molecule has 0 aromatic rings. The summed E-state index contributed by atoms with van der Waals surface area (Å²) in [4.78, 5) is 12.1. The Kier molecular flexibility index (Phi) is 2.76. The van der Waals surface area contributed by atoms with Gasteiger partial charge in [-0.15, -0.1) is 11.8 Å². The highest BCUT2D eigenvalue weighted by Crippen LogP contribution is 2.36. The van der Waals surface area contributed by atoms with Crippen molar-refractivity contribution in [2.24, 2.45) is 0 Å². The Labute approximate surface area is 87.1 Å². The summed E-state index contributed by atoms with van der Waals surface area (Å²) >= 11 is 1.54. The first-order chi connectivity index (χ1) is 6.76. The van der Waals surface area contributed by atoms with Crippen LogP contribution in [-0.4, -0.2) is 30.5 Å². The third-order valence-electron chi connectivity index (χ3n) is 2.26. The predicted octanol–water partition coefficient (Wildman–Crippen LogP) is 1.51. The maximum atomic E-state index is 11.4. The summed E-state index contributed by atoms with van der Waals surface area (Å²) in [5.74, 6) is 0.179. The van der Waals surface area contributed by atoms with Gasteiger partial charge in [-0.05, 0) is 12.2 Å². The fraction of sp³-hybridized carbons (Fsp3) is 0.500. The van der Waals surface area contributed by atoms with Gasteiger partial charge in [-0.1, -0.05) is 6.58 Å². The minimum atomic E-state index is -0.626. The first-order valence-electron chi connectivity index (χ1n) is 4.56. The highest BCUT2D eigenvalue weighted by atomic mass is 32.2. The van der Waals surface area contributed by atoms with Gasteiger partial charge in [-0.25, -0.2) is 0 Å². The summed E-state index contributed by atoms with van der Waals surface area (Å²) in [6, 6.07) is 0. The van der Waals surface area contributed by atoms with Gasteiger partial charge in [-0.3, -0.25) is 4.79 Å². The van der Waals surface area contributed by atoms with Crippen LogP contribution in [-0.2, 0) is 14.3 Å². The molecule has 0 N–H and O–H groups in total. The van der Waals surface area contributed by atoms with E-state index < -0.39 is 5.79 Å². The third-order valence-corrected chi connectivity index (χ3v) is 3.30. The molecular weight excluding hydrogens is 200 g/mol. The van der Waals surface area contributed by atoms with Crippen molar-refractivity contribution in [1.29, 1.82) is 0 Å². The second-order valence-corrected chi connectivity index (χ2v) is 4.32. The number of carbonyl (C=O) groups excluding carboxylic acids is 1. The monoisotopic (exact) mass is 212 g/mol. The van der Waals surface area contributed by atoms with E-state index in [0.717, 1.165) is 12.2 Å². The molecule has 3 nitrogen and oxygen atoms in total. The molecule has 14 heavy (non-hydrogen) atoms. The van der Waals surface area contributed by atoms with Crippen molar-refractivity contribution in [3.05, 3.63) is 23.6 Å². The maximum Gasteiger partial charge on any atom is 0.191 e. The van der Waals surface area contributed by atoms with Crippen molar-refractivity contribution in [2.75, 3.05) is 19.0 Å². The van der Waals surface area contributed by atoms with Crippen LogP contribution in [0.15, 0.2) is 23.6 Å². The number of ketones is 1. The molecule has 1 saturated heterocycles. The molecule has 1 spiro atoms. The third kappa shape index (κ3) is 1.78. The van der Waals surface area contributed by atoms with E-state index in [-0.39, 0.29) is 5.78 Å². The Morgan fingerprint density at radius 2 is 2.29 bits per heavy atom. The number of thioether (sulfide) groups is 1. The molecule has 76 valence electrons. The van der Waals surface area contributed by atoms with E-state index in [1.165, 1.54) is 17.8 Å². The second kappa shape index (κ2) is 3.88. The SMILES string of the molecule is C=CC(=O)C1=CC2(CCS1)OCCO2. The second-order valence-electron chi connectivity index (χ2n) is 3.18. The van der Waals surface area contributed by atoms with Crippen LogP contribution >= 0.6 is 11.8 Å². The molecular formula is C10H12O3S. The van der Waals surface area contributed by atoms with Gasteiger partial charge in [0, 0.05) is 12.2 Å². The van der Waals surface area contributed by atoms with Gasteiger partial charge in [0.25, 0.3) is 0 Å². The zero-order valence-electron chi connectivity index (χ0n) is 7.82. The summed E-state index contributed by atoms with van der Waals surface area (Å²) in [6.07, 6.45) is 3.93. The standard InChI is InChI=1S/C10H12O3S/c1-2-8(11)9-7-10(3-6-14-9)12-4-5-13-10/h2,7H,1,3-6H2. The summed E-state index contributed by atoms with van der Waals surface area (Å²) in [7, 11) is 0. The Bertz CT molecular complexity index is 290. The summed E-state index contributed by atoms with van der Waals surface area (Å²) in [5, 5.41) is 0. The molecule has 2 aliphatic heterocycles. The molecule has 4 heteroatoms. The van der Waals surface area contributed by atoms with Crippen LogP contribution in [0.2, 0.25) is 0 Å². The van der Waals surface area contributed by atoms with Crippen molar-refractivity contribution < 1.29 is 14.3 Å². The van der Waals surface area contributed by atoms with Crippen LogP contribution < -0.4 is 0 Å². The quantitative estimate of drug-likeness (QED) is 0.650. The van der Waals surface area contributed by atoms with Crippen LogP contribution in [0.25, 0.3) is 0 Å². The van der Waals surface area contributed by atoms with E-state index >= 15 is 0 Å². The van der Waals surface area contributed by atoms with Crippen LogP contribution in [0.5, 0.6) is 0 Å². The van der Waals surface area contributed by atoms with Crippen molar-refractivity contribution in [2.45, 2.75) is 12.2 Å². The van der Waals surface area contributed by atoms with E-state index in [4.69, 9.17) is 9.47 Å². The Hall–Kier alpha value is -0.580. The summed E-state index contributed by atoms with van der Waals surface area (Å²) < 4.78 is 11.0. The fourth-order valence-corrected chi connectivity index (χ4v) is 2.65. The Balaban J connectivity index is 2.21. The lowest BCUT2D eigenvalue weighted by atomic mass is 10.1. The molecule has 0 atom stereocenters. The van der Waals surface area contributed by atoms with Gasteiger partial charge in [-0.2, -0.15) is 0 Å². The lowest BCUT2D eigenvalue weighted by Gasteiger charge is -2.28. The lowest BCUT2D eigenvalue weighted by Crippen LogP contribution is -2.31. The minimum absolute atomic E-state index is 0.0480. The average Bonchev–Trinajstić information content (AvgIpc) is 2.65.